The topological polar surface area (TPSA) is 42.5 Å². The van der Waals surface area contributed by atoms with Gasteiger partial charge < -0.3 is 20.1 Å². The average Bonchev–Trinajstić information content (AvgIpc) is 2.81. The first-order chi connectivity index (χ1) is 14.1. The Morgan fingerprint density at radius 3 is 2.10 bits per heavy atom. The number of ether oxygens (including phenoxy) is 2. The molecule has 1 aliphatic rings. The van der Waals surface area contributed by atoms with Crippen LogP contribution in [-0.2, 0) is 13.0 Å². The van der Waals surface area contributed by atoms with Crippen molar-refractivity contribution in [3.8, 4) is 11.5 Å². The Bertz CT molecular complexity index is 1030. The summed E-state index contributed by atoms with van der Waals surface area (Å²) in [4.78, 5) is 0. The van der Waals surface area contributed by atoms with Gasteiger partial charge in [-0.2, -0.15) is 0 Å². The minimum absolute atomic E-state index is 0.0453. The normalized spacial score (nSPS) is 15.5. The van der Waals surface area contributed by atoms with E-state index in [9.17, 15) is 0 Å². The van der Waals surface area contributed by atoms with Gasteiger partial charge >= 0.3 is 0 Å². The molecule has 4 rings (SSSR count). The molecule has 29 heavy (non-hydrogen) atoms. The summed E-state index contributed by atoms with van der Waals surface area (Å²) in [6.07, 6.45) is 0.779. The smallest absolute Gasteiger partial charge is 0.161 e. The molecule has 4 nitrogen and oxygen atoms in total. The maximum absolute atomic E-state index is 6.31. The van der Waals surface area contributed by atoms with E-state index in [1.807, 2.05) is 36.4 Å². The molecule has 0 bridgehead atoms. The minimum atomic E-state index is 0.0453. The highest BCUT2D eigenvalue weighted by Crippen LogP contribution is 2.39. The summed E-state index contributed by atoms with van der Waals surface area (Å²) in [5.41, 5.74) is 5.33. The van der Waals surface area contributed by atoms with E-state index < -0.39 is 0 Å². The summed E-state index contributed by atoms with van der Waals surface area (Å²) >= 11 is 12.6. The average molecular weight is 429 g/mol. The maximum Gasteiger partial charge on any atom is 0.161 e. The van der Waals surface area contributed by atoms with E-state index in [0.717, 1.165) is 29.1 Å². The van der Waals surface area contributed by atoms with Gasteiger partial charge in [0.2, 0.25) is 0 Å². The summed E-state index contributed by atoms with van der Waals surface area (Å²) < 4.78 is 11.1. The van der Waals surface area contributed by atoms with E-state index in [-0.39, 0.29) is 6.04 Å². The third kappa shape index (κ3) is 4.09. The molecular weight excluding hydrogens is 407 g/mol. The number of hydrogen-bond acceptors (Lipinski definition) is 4. The molecule has 0 saturated carbocycles. The molecule has 0 fully saturated rings. The highest BCUT2D eigenvalue weighted by atomic mass is 35.5. The third-order valence-electron chi connectivity index (χ3n) is 5.19. The summed E-state index contributed by atoms with van der Waals surface area (Å²) in [5.74, 6) is 1.44. The maximum atomic E-state index is 6.31. The Kier molecular flexibility index (Phi) is 5.74. The van der Waals surface area contributed by atoms with Crippen LogP contribution < -0.4 is 20.1 Å². The van der Waals surface area contributed by atoms with Gasteiger partial charge in [-0.15, -0.1) is 0 Å². The molecular formula is C23H22Cl2N2O2. The molecule has 1 aliphatic heterocycles. The van der Waals surface area contributed by atoms with Crippen LogP contribution in [0.1, 0.15) is 22.7 Å². The van der Waals surface area contributed by atoms with Gasteiger partial charge in [0.1, 0.15) is 0 Å². The van der Waals surface area contributed by atoms with Crippen LogP contribution in [0.3, 0.4) is 0 Å². The number of rotatable bonds is 3. The molecule has 0 aliphatic carbocycles. The van der Waals surface area contributed by atoms with E-state index in [0.29, 0.717) is 22.3 Å². The Hall–Kier alpha value is -2.56. The number of benzene rings is 3. The summed E-state index contributed by atoms with van der Waals surface area (Å²) in [5, 5.41) is 8.18. The van der Waals surface area contributed by atoms with Crippen LogP contribution in [0, 0.1) is 0 Å². The zero-order valence-corrected chi connectivity index (χ0v) is 17.8. The first-order valence-electron chi connectivity index (χ1n) is 9.37. The van der Waals surface area contributed by atoms with E-state index in [2.05, 4.69) is 28.8 Å². The Morgan fingerprint density at radius 1 is 0.828 bits per heavy atom. The lowest BCUT2D eigenvalue weighted by Gasteiger charge is -2.22. The lowest BCUT2D eigenvalue weighted by atomic mass is 9.95. The second-order valence-electron chi connectivity index (χ2n) is 6.95. The summed E-state index contributed by atoms with van der Waals surface area (Å²) in [6, 6.07) is 18.2. The Labute approximate surface area is 180 Å². The number of anilines is 2. The zero-order valence-electron chi connectivity index (χ0n) is 16.3. The zero-order chi connectivity index (χ0) is 20.4. The van der Waals surface area contributed by atoms with E-state index >= 15 is 0 Å². The highest BCUT2D eigenvalue weighted by molar-refractivity contribution is 6.42. The van der Waals surface area contributed by atoms with Gasteiger partial charge in [0, 0.05) is 6.54 Å². The largest absolute Gasteiger partial charge is 0.493 e. The van der Waals surface area contributed by atoms with Gasteiger partial charge in [-0.25, -0.2) is 0 Å². The number of nitrogens with one attached hydrogen (secondary N) is 2. The molecule has 0 spiro atoms. The minimum Gasteiger partial charge on any atom is -0.493 e. The quantitative estimate of drug-likeness (QED) is 0.511. The lowest BCUT2D eigenvalue weighted by Crippen LogP contribution is -2.14. The molecule has 0 amide bonds. The number of halogens is 2. The lowest BCUT2D eigenvalue weighted by molar-refractivity contribution is 0.354. The van der Waals surface area contributed by atoms with E-state index in [1.165, 1.54) is 11.1 Å². The molecule has 2 N–H and O–H groups in total. The van der Waals surface area contributed by atoms with Crippen LogP contribution in [-0.4, -0.2) is 14.2 Å². The first-order valence-corrected chi connectivity index (χ1v) is 10.1. The van der Waals surface area contributed by atoms with Crippen LogP contribution in [0.5, 0.6) is 11.5 Å². The van der Waals surface area contributed by atoms with Gasteiger partial charge in [-0.3, -0.25) is 0 Å². The predicted molar refractivity (Wildman–Crippen MR) is 120 cm³/mol. The highest BCUT2D eigenvalue weighted by Gasteiger charge is 2.21. The molecule has 1 unspecified atom stereocenters. The second kappa shape index (κ2) is 8.44. The van der Waals surface area contributed by atoms with Gasteiger partial charge in [-0.1, -0.05) is 53.5 Å². The number of fused-ring (bicyclic) bond motifs is 2. The van der Waals surface area contributed by atoms with Crippen molar-refractivity contribution in [1.82, 2.24) is 0 Å². The number of methoxy groups -OCH3 is 2. The van der Waals surface area contributed by atoms with Gasteiger partial charge in [0.15, 0.2) is 11.5 Å². The van der Waals surface area contributed by atoms with Crippen LogP contribution in [0.25, 0.3) is 0 Å². The van der Waals surface area contributed by atoms with Gasteiger partial charge in [-0.05, 0) is 47.4 Å². The monoisotopic (exact) mass is 428 g/mol. The molecule has 3 aromatic carbocycles. The molecule has 0 saturated heterocycles. The summed E-state index contributed by atoms with van der Waals surface area (Å²) in [7, 11) is 3.31. The number of hydrogen-bond donors (Lipinski definition) is 2. The van der Waals surface area contributed by atoms with Crippen molar-refractivity contribution >= 4 is 34.6 Å². The molecule has 3 aromatic rings. The van der Waals surface area contributed by atoms with E-state index in [4.69, 9.17) is 32.7 Å². The van der Waals surface area contributed by atoms with Crippen molar-refractivity contribution < 1.29 is 9.47 Å². The Morgan fingerprint density at radius 2 is 1.45 bits per heavy atom. The fraction of sp³-hybridized carbons (Fsp3) is 0.217. The van der Waals surface area contributed by atoms with E-state index in [1.54, 1.807) is 14.2 Å². The van der Waals surface area contributed by atoms with Crippen molar-refractivity contribution in [3.05, 3.63) is 81.3 Å². The second-order valence-corrected chi connectivity index (χ2v) is 7.77. The van der Waals surface area contributed by atoms with Crippen molar-refractivity contribution in [2.75, 3.05) is 24.9 Å². The molecule has 0 aromatic heterocycles. The Balaban J connectivity index is 1.84. The van der Waals surface area contributed by atoms with Crippen LogP contribution in [0.15, 0.2) is 54.6 Å². The fourth-order valence-corrected chi connectivity index (χ4v) is 3.99. The fourth-order valence-electron chi connectivity index (χ4n) is 3.67. The molecule has 0 radical (unpaired) electrons. The van der Waals surface area contributed by atoms with Gasteiger partial charge in [0.05, 0.1) is 41.7 Å². The van der Waals surface area contributed by atoms with Crippen molar-refractivity contribution in [1.29, 1.82) is 0 Å². The first kappa shape index (κ1) is 19.7. The predicted octanol–water partition coefficient (Wildman–Crippen LogP) is 6.33. The third-order valence-corrected chi connectivity index (χ3v) is 5.91. The summed E-state index contributed by atoms with van der Waals surface area (Å²) in [6.45, 7) is 0.629. The molecule has 1 atom stereocenters. The van der Waals surface area contributed by atoms with Crippen LogP contribution in [0.2, 0.25) is 10.0 Å². The van der Waals surface area contributed by atoms with Crippen LogP contribution in [0.4, 0.5) is 11.4 Å². The SMILES string of the molecule is COc1cc2c(cc1OC)CC(c1ccccc1)Nc1cc(Cl)c(Cl)cc1NC2. The van der Waals surface area contributed by atoms with Crippen molar-refractivity contribution in [2.45, 2.75) is 19.0 Å². The molecule has 6 heteroatoms. The molecule has 150 valence electrons. The molecule has 1 heterocycles. The van der Waals surface area contributed by atoms with Crippen molar-refractivity contribution in [3.63, 3.8) is 0 Å². The van der Waals surface area contributed by atoms with Gasteiger partial charge in [0.25, 0.3) is 0 Å². The van der Waals surface area contributed by atoms with Crippen LogP contribution >= 0.6 is 23.2 Å². The standard InChI is InChI=1S/C23H22Cl2N2O2/c1-28-22-9-15-8-19(14-6-4-3-5-7-14)27-21-12-18(25)17(24)11-20(21)26-13-16(15)10-23(22)29-2/h3-7,9-12,19,26-27H,8,13H2,1-2H3. The van der Waals surface area contributed by atoms with Crippen molar-refractivity contribution in [2.24, 2.45) is 0 Å².